The number of aryl methyl sites for hydroxylation is 1. The molecule has 1 aromatic heterocycles. The third kappa shape index (κ3) is 3.49. The summed E-state index contributed by atoms with van der Waals surface area (Å²) >= 11 is 2.04. The van der Waals surface area contributed by atoms with Gasteiger partial charge in [0.1, 0.15) is 5.76 Å². The van der Waals surface area contributed by atoms with Crippen LogP contribution >= 0.6 is 11.8 Å². The molecule has 0 bridgehead atoms. The summed E-state index contributed by atoms with van der Waals surface area (Å²) in [6.45, 7) is 8.74. The Morgan fingerprint density at radius 3 is 2.94 bits per heavy atom. The second kappa shape index (κ2) is 5.02. The van der Waals surface area contributed by atoms with Crippen molar-refractivity contribution in [2.75, 3.05) is 11.5 Å². The van der Waals surface area contributed by atoms with Gasteiger partial charge in [0.15, 0.2) is 0 Å². The molecule has 17 heavy (non-hydrogen) atoms. The van der Waals surface area contributed by atoms with Crippen LogP contribution in [0.4, 0.5) is 0 Å². The number of hydrogen-bond donors (Lipinski definition) is 1. The van der Waals surface area contributed by atoms with Gasteiger partial charge in [0.25, 0.3) is 0 Å². The van der Waals surface area contributed by atoms with Crippen LogP contribution in [0, 0.1) is 12.3 Å². The van der Waals surface area contributed by atoms with Crippen LogP contribution in [0.2, 0.25) is 0 Å². The molecule has 2 heterocycles. The van der Waals surface area contributed by atoms with Gasteiger partial charge in [-0.2, -0.15) is 11.8 Å². The molecular formula is C13H22N2OS. The Bertz CT molecular complexity index is 375. The molecule has 96 valence electrons. The summed E-state index contributed by atoms with van der Waals surface area (Å²) in [5, 5.41) is 3.63. The zero-order valence-corrected chi connectivity index (χ0v) is 11.9. The normalized spacial score (nSPS) is 25.8. The Balaban J connectivity index is 1.92. The van der Waals surface area contributed by atoms with E-state index in [1.54, 1.807) is 6.20 Å². The van der Waals surface area contributed by atoms with Crippen molar-refractivity contribution < 1.29 is 4.42 Å². The fourth-order valence-electron chi connectivity index (χ4n) is 2.37. The third-order valence-electron chi connectivity index (χ3n) is 3.11. The maximum absolute atomic E-state index is 5.56. The van der Waals surface area contributed by atoms with E-state index in [1.165, 1.54) is 17.9 Å². The standard InChI is InChI=1S/C13H22N2OS/c1-9-6-14-12(16-9)10(2)15-11-5-13(3,4)8-17-7-11/h6,10-11,15H,5,7-8H2,1-4H3. The lowest BCUT2D eigenvalue weighted by atomic mass is 9.87. The van der Waals surface area contributed by atoms with Crippen LogP contribution in [-0.4, -0.2) is 22.5 Å². The van der Waals surface area contributed by atoms with E-state index in [1.807, 2.05) is 18.7 Å². The fourth-order valence-corrected chi connectivity index (χ4v) is 3.65. The van der Waals surface area contributed by atoms with E-state index in [-0.39, 0.29) is 6.04 Å². The maximum Gasteiger partial charge on any atom is 0.211 e. The van der Waals surface area contributed by atoms with Gasteiger partial charge in [0.05, 0.1) is 12.2 Å². The molecule has 2 rings (SSSR count). The van der Waals surface area contributed by atoms with E-state index in [0.29, 0.717) is 11.5 Å². The molecule has 1 aromatic rings. The Labute approximate surface area is 108 Å². The first-order chi connectivity index (χ1) is 7.96. The molecule has 1 aliphatic rings. The lowest BCUT2D eigenvalue weighted by Gasteiger charge is -2.36. The fraction of sp³-hybridized carbons (Fsp3) is 0.769. The minimum Gasteiger partial charge on any atom is -0.444 e. The Hall–Kier alpha value is -0.480. The summed E-state index contributed by atoms with van der Waals surface area (Å²) < 4.78 is 5.56. The van der Waals surface area contributed by atoms with Crippen LogP contribution in [0.25, 0.3) is 0 Å². The summed E-state index contributed by atoms with van der Waals surface area (Å²) in [7, 11) is 0. The van der Waals surface area contributed by atoms with Crippen molar-refractivity contribution in [2.45, 2.75) is 46.2 Å². The van der Waals surface area contributed by atoms with E-state index in [4.69, 9.17) is 4.42 Å². The largest absolute Gasteiger partial charge is 0.444 e. The van der Waals surface area contributed by atoms with Crippen molar-refractivity contribution in [1.29, 1.82) is 0 Å². The second-order valence-electron chi connectivity index (χ2n) is 5.78. The van der Waals surface area contributed by atoms with E-state index < -0.39 is 0 Å². The molecule has 0 spiro atoms. The molecule has 1 fully saturated rings. The van der Waals surface area contributed by atoms with Crippen LogP contribution in [0.15, 0.2) is 10.6 Å². The summed E-state index contributed by atoms with van der Waals surface area (Å²) in [5.74, 6) is 4.13. The van der Waals surface area contributed by atoms with Crippen LogP contribution in [0.5, 0.6) is 0 Å². The van der Waals surface area contributed by atoms with Crippen molar-refractivity contribution in [1.82, 2.24) is 10.3 Å². The van der Waals surface area contributed by atoms with Crippen molar-refractivity contribution >= 4 is 11.8 Å². The SMILES string of the molecule is Cc1cnc(C(C)NC2CSCC(C)(C)C2)o1. The summed E-state index contributed by atoms with van der Waals surface area (Å²) in [4.78, 5) is 4.28. The smallest absolute Gasteiger partial charge is 0.211 e. The van der Waals surface area contributed by atoms with E-state index in [0.717, 1.165) is 11.7 Å². The van der Waals surface area contributed by atoms with Crippen molar-refractivity contribution in [3.63, 3.8) is 0 Å². The molecule has 0 aromatic carbocycles. The zero-order valence-electron chi connectivity index (χ0n) is 11.1. The number of rotatable bonds is 3. The Kier molecular flexibility index (Phi) is 3.83. The highest BCUT2D eigenvalue weighted by atomic mass is 32.2. The number of oxazole rings is 1. The van der Waals surface area contributed by atoms with E-state index in [9.17, 15) is 0 Å². The summed E-state index contributed by atoms with van der Waals surface area (Å²) in [5.41, 5.74) is 0.437. The summed E-state index contributed by atoms with van der Waals surface area (Å²) in [6, 6.07) is 0.758. The highest BCUT2D eigenvalue weighted by molar-refractivity contribution is 7.99. The molecule has 2 unspecified atom stereocenters. The number of aromatic nitrogens is 1. The molecule has 0 radical (unpaired) electrons. The van der Waals surface area contributed by atoms with Crippen molar-refractivity contribution in [3.8, 4) is 0 Å². The quantitative estimate of drug-likeness (QED) is 0.899. The first kappa shape index (κ1) is 13.0. The van der Waals surface area contributed by atoms with Gasteiger partial charge in [-0.15, -0.1) is 0 Å². The zero-order chi connectivity index (χ0) is 12.5. The molecule has 2 atom stereocenters. The predicted molar refractivity (Wildman–Crippen MR) is 72.3 cm³/mol. The van der Waals surface area contributed by atoms with Crippen LogP contribution in [0.1, 0.15) is 44.9 Å². The average molecular weight is 254 g/mol. The van der Waals surface area contributed by atoms with Crippen LogP contribution in [-0.2, 0) is 0 Å². The van der Waals surface area contributed by atoms with Crippen molar-refractivity contribution in [2.24, 2.45) is 5.41 Å². The topological polar surface area (TPSA) is 38.1 Å². The minimum atomic E-state index is 0.197. The number of thioether (sulfide) groups is 1. The molecular weight excluding hydrogens is 232 g/mol. The molecule has 0 aliphatic carbocycles. The minimum absolute atomic E-state index is 0.197. The van der Waals surface area contributed by atoms with Crippen LogP contribution < -0.4 is 5.32 Å². The highest BCUT2D eigenvalue weighted by Crippen LogP contribution is 2.34. The van der Waals surface area contributed by atoms with Gasteiger partial charge in [0.2, 0.25) is 5.89 Å². The van der Waals surface area contributed by atoms with Gasteiger partial charge in [-0.3, -0.25) is 0 Å². The third-order valence-corrected chi connectivity index (χ3v) is 4.73. The highest BCUT2D eigenvalue weighted by Gasteiger charge is 2.29. The number of hydrogen-bond acceptors (Lipinski definition) is 4. The molecule has 0 saturated carbocycles. The van der Waals surface area contributed by atoms with E-state index in [2.05, 4.69) is 31.1 Å². The Morgan fingerprint density at radius 1 is 1.59 bits per heavy atom. The van der Waals surface area contributed by atoms with Gasteiger partial charge in [-0.05, 0) is 31.4 Å². The molecule has 4 heteroatoms. The molecule has 1 aliphatic heterocycles. The molecule has 1 saturated heterocycles. The summed E-state index contributed by atoms with van der Waals surface area (Å²) in [6.07, 6.45) is 3.01. The number of nitrogens with one attached hydrogen (secondary N) is 1. The lowest BCUT2D eigenvalue weighted by Crippen LogP contribution is -2.41. The van der Waals surface area contributed by atoms with Crippen molar-refractivity contribution in [3.05, 3.63) is 17.8 Å². The average Bonchev–Trinajstić information content (AvgIpc) is 2.63. The Morgan fingerprint density at radius 2 is 2.35 bits per heavy atom. The van der Waals surface area contributed by atoms with Crippen LogP contribution in [0.3, 0.4) is 0 Å². The van der Waals surface area contributed by atoms with Gasteiger partial charge in [-0.25, -0.2) is 4.98 Å². The predicted octanol–water partition coefficient (Wildman–Crippen LogP) is 3.17. The maximum atomic E-state index is 5.56. The van der Waals surface area contributed by atoms with E-state index >= 15 is 0 Å². The first-order valence-electron chi connectivity index (χ1n) is 6.22. The second-order valence-corrected chi connectivity index (χ2v) is 6.81. The number of nitrogens with zero attached hydrogens (tertiary/aromatic N) is 1. The molecule has 0 amide bonds. The van der Waals surface area contributed by atoms with Gasteiger partial charge in [0, 0.05) is 11.8 Å². The van der Waals surface area contributed by atoms with Gasteiger partial charge < -0.3 is 9.73 Å². The monoisotopic (exact) mass is 254 g/mol. The lowest BCUT2D eigenvalue weighted by molar-refractivity contribution is 0.290. The van der Waals surface area contributed by atoms with Gasteiger partial charge >= 0.3 is 0 Å². The first-order valence-corrected chi connectivity index (χ1v) is 7.38. The molecule has 1 N–H and O–H groups in total. The molecule has 3 nitrogen and oxygen atoms in total. The van der Waals surface area contributed by atoms with Gasteiger partial charge in [-0.1, -0.05) is 13.8 Å².